The number of nitrogens with zero attached hydrogens (tertiary/aromatic N) is 1. The normalized spacial score (nSPS) is 33.7. The summed E-state index contributed by atoms with van der Waals surface area (Å²) in [7, 11) is 0. The summed E-state index contributed by atoms with van der Waals surface area (Å²) in [5, 5.41) is 21.6. The molecule has 0 aromatic heterocycles. The Morgan fingerprint density at radius 2 is 2.18 bits per heavy atom. The van der Waals surface area contributed by atoms with Gasteiger partial charge in [0, 0.05) is 31.0 Å². The van der Waals surface area contributed by atoms with Crippen molar-refractivity contribution in [3.05, 3.63) is 0 Å². The van der Waals surface area contributed by atoms with Crippen LogP contribution in [0.1, 0.15) is 6.42 Å². The van der Waals surface area contributed by atoms with E-state index in [1.165, 1.54) is 4.90 Å². The zero-order valence-corrected chi connectivity index (χ0v) is 10.2. The minimum atomic E-state index is -1.04. The van der Waals surface area contributed by atoms with Crippen molar-refractivity contribution in [1.82, 2.24) is 10.2 Å². The van der Waals surface area contributed by atoms with E-state index >= 15 is 0 Å². The first-order valence-electron chi connectivity index (χ1n) is 5.62. The molecule has 2 rings (SSSR count). The first-order valence-corrected chi connectivity index (χ1v) is 6.77. The average Bonchev–Trinajstić information content (AvgIpc) is 2.72. The highest BCUT2D eigenvalue weighted by atomic mass is 32.2. The Balaban J connectivity index is 2.04. The second-order valence-corrected chi connectivity index (χ2v) is 5.47. The monoisotopic (exact) mass is 260 g/mol. The van der Waals surface area contributed by atoms with Gasteiger partial charge in [-0.3, -0.25) is 4.79 Å². The minimum Gasteiger partial charge on any atom is -0.480 e. The third-order valence-electron chi connectivity index (χ3n) is 3.07. The summed E-state index contributed by atoms with van der Waals surface area (Å²) in [5.41, 5.74) is 0. The zero-order chi connectivity index (χ0) is 12.4. The molecule has 6 nitrogen and oxygen atoms in total. The largest absolute Gasteiger partial charge is 0.480 e. The van der Waals surface area contributed by atoms with Crippen LogP contribution in [0.5, 0.6) is 0 Å². The van der Waals surface area contributed by atoms with Gasteiger partial charge < -0.3 is 20.4 Å². The van der Waals surface area contributed by atoms with Crippen molar-refractivity contribution in [2.75, 3.05) is 24.6 Å². The van der Waals surface area contributed by atoms with Crippen molar-refractivity contribution in [3.63, 3.8) is 0 Å². The van der Waals surface area contributed by atoms with E-state index in [9.17, 15) is 14.7 Å². The van der Waals surface area contributed by atoms with Crippen molar-refractivity contribution < 1.29 is 19.8 Å². The van der Waals surface area contributed by atoms with Crippen LogP contribution in [0.4, 0.5) is 0 Å². The molecule has 0 aromatic rings. The average molecular weight is 260 g/mol. The lowest BCUT2D eigenvalue weighted by Gasteiger charge is -2.29. The van der Waals surface area contributed by atoms with Gasteiger partial charge in [-0.2, -0.15) is 11.8 Å². The molecule has 7 heteroatoms. The number of carbonyl (C=O) groups excluding carboxylic acids is 1. The number of rotatable bonds is 2. The zero-order valence-electron chi connectivity index (χ0n) is 9.33. The molecule has 3 N–H and O–H groups in total. The van der Waals surface area contributed by atoms with Crippen LogP contribution in [0.2, 0.25) is 0 Å². The Hall–Kier alpha value is -0.790. The van der Waals surface area contributed by atoms with Gasteiger partial charge in [-0.15, -0.1) is 0 Å². The van der Waals surface area contributed by atoms with Crippen LogP contribution in [0.15, 0.2) is 0 Å². The van der Waals surface area contributed by atoms with Crippen LogP contribution in [-0.2, 0) is 9.59 Å². The van der Waals surface area contributed by atoms with Crippen LogP contribution in [-0.4, -0.2) is 69.8 Å². The molecule has 0 aromatic carbocycles. The Labute approximate surface area is 103 Å². The molecular formula is C10H16N2O4S. The smallest absolute Gasteiger partial charge is 0.326 e. The summed E-state index contributed by atoms with van der Waals surface area (Å²) < 4.78 is 0. The van der Waals surface area contributed by atoms with Crippen molar-refractivity contribution in [1.29, 1.82) is 0 Å². The third kappa shape index (κ3) is 2.72. The number of thioether (sulfide) groups is 1. The lowest BCUT2D eigenvalue weighted by molar-refractivity contribution is -0.148. The van der Waals surface area contributed by atoms with E-state index in [-0.39, 0.29) is 24.9 Å². The highest BCUT2D eigenvalue weighted by Gasteiger charge is 2.41. The second kappa shape index (κ2) is 5.24. The van der Waals surface area contributed by atoms with E-state index < -0.39 is 18.1 Å². The topological polar surface area (TPSA) is 89.9 Å². The van der Waals surface area contributed by atoms with E-state index in [0.29, 0.717) is 5.75 Å². The summed E-state index contributed by atoms with van der Waals surface area (Å²) in [5.74, 6) is 0.381. The van der Waals surface area contributed by atoms with Gasteiger partial charge in [0.05, 0.1) is 12.1 Å². The number of nitrogens with one attached hydrogen (secondary N) is 1. The summed E-state index contributed by atoms with van der Waals surface area (Å²) in [6.45, 7) is 0.883. The van der Waals surface area contributed by atoms with Crippen LogP contribution < -0.4 is 5.32 Å². The van der Waals surface area contributed by atoms with Gasteiger partial charge in [-0.05, 0) is 0 Å². The molecular weight excluding hydrogens is 244 g/mol. The summed E-state index contributed by atoms with van der Waals surface area (Å²) in [6.07, 6.45) is -0.600. The number of hydrogen-bond donors (Lipinski definition) is 3. The van der Waals surface area contributed by atoms with E-state index in [1.807, 2.05) is 0 Å². The van der Waals surface area contributed by atoms with Crippen molar-refractivity contribution in [3.8, 4) is 0 Å². The maximum Gasteiger partial charge on any atom is 0.326 e. The van der Waals surface area contributed by atoms with Crippen molar-refractivity contribution in [2.24, 2.45) is 0 Å². The van der Waals surface area contributed by atoms with Gasteiger partial charge in [0.1, 0.15) is 6.04 Å². The predicted molar refractivity (Wildman–Crippen MR) is 62.9 cm³/mol. The summed E-state index contributed by atoms with van der Waals surface area (Å²) in [4.78, 5) is 24.4. The number of aliphatic hydroxyl groups excluding tert-OH is 1. The van der Waals surface area contributed by atoms with E-state index in [4.69, 9.17) is 5.11 Å². The Kier molecular flexibility index (Phi) is 3.90. The van der Waals surface area contributed by atoms with E-state index in [0.717, 1.165) is 12.3 Å². The van der Waals surface area contributed by atoms with Gasteiger partial charge in [0.2, 0.25) is 5.91 Å². The van der Waals surface area contributed by atoms with Crippen molar-refractivity contribution >= 4 is 23.6 Å². The molecule has 2 saturated heterocycles. The molecule has 0 spiro atoms. The van der Waals surface area contributed by atoms with Crippen LogP contribution in [0.25, 0.3) is 0 Å². The molecule has 96 valence electrons. The number of amides is 1. The van der Waals surface area contributed by atoms with Crippen LogP contribution >= 0.6 is 11.8 Å². The molecule has 2 aliphatic rings. The number of likely N-dealkylation sites (tertiary alicyclic amines) is 1. The van der Waals surface area contributed by atoms with Gasteiger partial charge in [-0.1, -0.05) is 0 Å². The fourth-order valence-electron chi connectivity index (χ4n) is 2.22. The lowest BCUT2D eigenvalue weighted by atomic mass is 10.2. The standard InChI is InChI=1S/C10H16N2O4S/c13-6-3-8(10(15)16)12(4-6)9(14)7-5-17-2-1-11-7/h6-8,11,13H,1-5H2,(H,15,16)/t6-,7?,8+/m1/s1. The van der Waals surface area contributed by atoms with Crippen LogP contribution in [0.3, 0.4) is 0 Å². The minimum absolute atomic E-state index is 0.124. The predicted octanol–water partition coefficient (Wildman–Crippen LogP) is -1.26. The molecule has 2 heterocycles. The Bertz CT molecular complexity index is 319. The van der Waals surface area contributed by atoms with Crippen molar-refractivity contribution in [2.45, 2.75) is 24.6 Å². The number of carboxylic acids is 1. The molecule has 0 aliphatic carbocycles. The number of carbonyl (C=O) groups is 2. The lowest BCUT2D eigenvalue weighted by Crippen LogP contribution is -2.53. The van der Waals surface area contributed by atoms with E-state index in [2.05, 4.69) is 5.32 Å². The molecule has 2 fully saturated rings. The van der Waals surface area contributed by atoms with Gasteiger partial charge in [0.25, 0.3) is 0 Å². The first kappa shape index (κ1) is 12.7. The summed E-state index contributed by atoms with van der Waals surface area (Å²) >= 11 is 1.68. The van der Waals surface area contributed by atoms with Gasteiger partial charge in [-0.25, -0.2) is 4.79 Å². The number of β-amino-alcohol motifs (C(OH)–C–C–N with tert-alkyl or cyclic N) is 1. The Morgan fingerprint density at radius 3 is 2.76 bits per heavy atom. The second-order valence-electron chi connectivity index (χ2n) is 4.32. The van der Waals surface area contributed by atoms with Gasteiger partial charge >= 0.3 is 5.97 Å². The van der Waals surface area contributed by atoms with Gasteiger partial charge in [0.15, 0.2) is 0 Å². The maximum atomic E-state index is 12.1. The fraction of sp³-hybridized carbons (Fsp3) is 0.800. The Morgan fingerprint density at radius 1 is 1.41 bits per heavy atom. The fourth-order valence-corrected chi connectivity index (χ4v) is 3.14. The molecule has 1 amide bonds. The number of carboxylic acid groups (broad SMARTS) is 1. The molecule has 0 saturated carbocycles. The number of hydrogen-bond acceptors (Lipinski definition) is 5. The summed E-state index contributed by atoms with van der Waals surface area (Å²) in [6, 6.07) is -1.20. The molecule has 3 atom stereocenters. The highest BCUT2D eigenvalue weighted by Crippen LogP contribution is 2.20. The molecule has 0 bridgehead atoms. The maximum absolute atomic E-state index is 12.1. The molecule has 17 heavy (non-hydrogen) atoms. The quantitative estimate of drug-likeness (QED) is 0.574. The number of aliphatic carboxylic acids is 1. The number of aliphatic hydroxyl groups is 1. The molecule has 1 unspecified atom stereocenters. The molecule has 2 aliphatic heterocycles. The highest BCUT2D eigenvalue weighted by molar-refractivity contribution is 7.99. The first-order chi connectivity index (χ1) is 8.09. The SMILES string of the molecule is O=C(O)[C@@H]1C[C@@H](O)CN1C(=O)C1CSCCN1. The van der Waals surface area contributed by atoms with Crippen LogP contribution in [0, 0.1) is 0 Å². The van der Waals surface area contributed by atoms with E-state index in [1.54, 1.807) is 11.8 Å². The third-order valence-corrected chi connectivity index (χ3v) is 4.13. The molecule has 0 radical (unpaired) electrons.